The first kappa shape index (κ1) is 22.8. The molecule has 32 heavy (non-hydrogen) atoms. The Labute approximate surface area is 187 Å². The van der Waals surface area contributed by atoms with E-state index in [4.69, 9.17) is 21.1 Å². The predicted molar refractivity (Wildman–Crippen MR) is 115 cm³/mol. The van der Waals surface area contributed by atoms with E-state index in [1.807, 2.05) is 0 Å². The maximum absolute atomic E-state index is 12.8. The fourth-order valence-electron chi connectivity index (χ4n) is 2.90. The van der Waals surface area contributed by atoms with E-state index in [9.17, 15) is 24.5 Å². The van der Waals surface area contributed by atoms with Crippen LogP contribution in [0.4, 0.5) is 11.4 Å². The van der Waals surface area contributed by atoms with E-state index < -0.39 is 41.1 Å². The van der Waals surface area contributed by atoms with Crippen molar-refractivity contribution in [1.82, 2.24) is 5.43 Å². The third kappa shape index (κ3) is 5.03. The number of carbonyl (C=O) groups excluding carboxylic acids is 3. The number of hydrogen-bond acceptors (Lipinski definition) is 7. The predicted octanol–water partition coefficient (Wildman–Crippen LogP) is 3.04. The Balaban J connectivity index is 2.00. The summed E-state index contributed by atoms with van der Waals surface area (Å²) in [5.41, 5.74) is 2.01. The van der Waals surface area contributed by atoms with Crippen molar-refractivity contribution in [1.29, 1.82) is 0 Å². The highest BCUT2D eigenvalue weighted by molar-refractivity contribution is 6.32. The summed E-state index contributed by atoms with van der Waals surface area (Å²) in [6.07, 6.45) is 0.722. The first-order valence-electron chi connectivity index (χ1n) is 9.39. The van der Waals surface area contributed by atoms with Gasteiger partial charge in [0.05, 0.1) is 16.7 Å². The van der Waals surface area contributed by atoms with Crippen LogP contribution in [0.15, 0.2) is 48.0 Å². The van der Waals surface area contributed by atoms with Gasteiger partial charge in [-0.25, -0.2) is 9.80 Å². The number of rotatable bonds is 7. The number of carbonyl (C=O) groups is 3. The molecule has 1 N–H and O–H groups in total. The Hall–Kier alpha value is -3.92. The Morgan fingerprint density at radius 1 is 1.25 bits per heavy atom. The first-order chi connectivity index (χ1) is 15.2. The second-order valence-electron chi connectivity index (χ2n) is 6.90. The normalized spacial score (nSPS) is 14.6. The lowest BCUT2D eigenvalue weighted by Gasteiger charge is -2.14. The molecule has 2 amide bonds. The van der Waals surface area contributed by atoms with Crippen molar-refractivity contribution < 1.29 is 28.8 Å². The average Bonchev–Trinajstić information content (AvgIpc) is 3.01. The lowest BCUT2D eigenvalue weighted by Crippen LogP contribution is -2.35. The number of nitrogens with zero attached hydrogens (tertiary/aromatic N) is 2. The Kier molecular flexibility index (Phi) is 6.74. The van der Waals surface area contributed by atoms with Gasteiger partial charge in [0.1, 0.15) is 5.57 Å². The van der Waals surface area contributed by atoms with Crippen LogP contribution in [-0.2, 0) is 19.1 Å². The number of nitro groups is 1. The van der Waals surface area contributed by atoms with Gasteiger partial charge in [-0.2, -0.15) is 0 Å². The summed E-state index contributed by atoms with van der Waals surface area (Å²) < 4.78 is 10.3. The summed E-state index contributed by atoms with van der Waals surface area (Å²) in [6.45, 7) is 2.66. The SMILES string of the molecule is CC(C)OC(=O)COc1c(C=C2C(=O)NN(c3ccccc3)C2=O)cc(Cl)cc1[N+](=O)[O-]. The van der Waals surface area contributed by atoms with Crippen LogP contribution < -0.4 is 15.2 Å². The number of esters is 1. The maximum atomic E-state index is 12.8. The van der Waals surface area contributed by atoms with Gasteiger partial charge in [-0.15, -0.1) is 0 Å². The van der Waals surface area contributed by atoms with Gasteiger partial charge in [-0.3, -0.25) is 25.1 Å². The van der Waals surface area contributed by atoms with E-state index >= 15 is 0 Å². The first-order valence-corrected chi connectivity index (χ1v) is 9.77. The third-order valence-electron chi connectivity index (χ3n) is 4.17. The fraction of sp³-hybridized carbons (Fsp3) is 0.190. The molecule has 1 heterocycles. The summed E-state index contributed by atoms with van der Waals surface area (Å²) in [7, 11) is 0. The molecule has 0 atom stereocenters. The molecular weight excluding hydrogens is 442 g/mol. The molecule has 166 valence electrons. The molecule has 1 fully saturated rings. The molecule has 2 aromatic rings. The molecule has 1 saturated heterocycles. The van der Waals surface area contributed by atoms with E-state index in [-0.39, 0.29) is 21.9 Å². The summed E-state index contributed by atoms with van der Waals surface area (Å²) in [5, 5.41) is 12.6. The second kappa shape index (κ2) is 9.48. The Morgan fingerprint density at radius 2 is 1.94 bits per heavy atom. The average molecular weight is 460 g/mol. The number of hydrogen-bond donors (Lipinski definition) is 1. The molecule has 0 bridgehead atoms. The molecule has 0 saturated carbocycles. The molecule has 0 aliphatic carbocycles. The molecule has 0 radical (unpaired) electrons. The monoisotopic (exact) mass is 459 g/mol. The minimum atomic E-state index is -0.746. The van der Waals surface area contributed by atoms with Gasteiger partial charge in [-0.05, 0) is 38.1 Å². The van der Waals surface area contributed by atoms with E-state index in [0.29, 0.717) is 5.69 Å². The van der Waals surface area contributed by atoms with Gasteiger partial charge in [0.25, 0.3) is 11.8 Å². The van der Waals surface area contributed by atoms with Crippen molar-refractivity contribution in [3.8, 4) is 5.75 Å². The van der Waals surface area contributed by atoms with Gasteiger partial charge in [0, 0.05) is 16.7 Å². The highest BCUT2D eigenvalue weighted by Crippen LogP contribution is 2.36. The van der Waals surface area contributed by atoms with Gasteiger partial charge in [0.15, 0.2) is 6.61 Å². The summed E-state index contributed by atoms with van der Waals surface area (Å²) >= 11 is 6.00. The van der Waals surface area contributed by atoms with E-state index in [1.165, 1.54) is 6.07 Å². The quantitative estimate of drug-likeness (QED) is 0.221. The highest BCUT2D eigenvalue weighted by atomic mass is 35.5. The fourth-order valence-corrected chi connectivity index (χ4v) is 3.12. The van der Waals surface area contributed by atoms with Crippen molar-refractivity contribution in [2.24, 2.45) is 0 Å². The number of amides is 2. The Bertz CT molecular complexity index is 1120. The molecule has 0 unspecified atom stereocenters. The number of benzene rings is 2. The number of nitrogens with one attached hydrogen (secondary N) is 1. The minimum Gasteiger partial charge on any atom is -0.474 e. The molecule has 2 aromatic carbocycles. The van der Waals surface area contributed by atoms with Crippen LogP contribution in [0.2, 0.25) is 5.02 Å². The van der Waals surface area contributed by atoms with Crippen molar-refractivity contribution in [3.63, 3.8) is 0 Å². The van der Waals surface area contributed by atoms with Crippen LogP contribution >= 0.6 is 11.6 Å². The van der Waals surface area contributed by atoms with Gasteiger partial charge in [0.2, 0.25) is 5.75 Å². The third-order valence-corrected chi connectivity index (χ3v) is 4.38. The smallest absolute Gasteiger partial charge is 0.344 e. The summed E-state index contributed by atoms with van der Waals surface area (Å²) in [4.78, 5) is 47.9. The summed E-state index contributed by atoms with van der Waals surface area (Å²) in [5.74, 6) is -2.46. The lowest BCUT2D eigenvalue weighted by atomic mass is 10.1. The highest BCUT2D eigenvalue weighted by Gasteiger charge is 2.35. The van der Waals surface area contributed by atoms with Gasteiger partial charge >= 0.3 is 11.7 Å². The number of ether oxygens (including phenoxy) is 2. The number of para-hydroxylation sites is 1. The molecular formula is C21H18ClN3O7. The van der Waals surface area contributed by atoms with E-state index in [1.54, 1.807) is 44.2 Å². The van der Waals surface area contributed by atoms with Crippen LogP contribution in [0.5, 0.6) is 5.75 Å². The molecule has 1 aliphatic heterocycles. The number of nitro benzene ring substituents is 1. The molecule has 11 heteroatoms. The van der Waals surface area contributed by atoms with Crippen LogP contribution in [-0.4, -0.2) is 35.4 Å². The zero-order chi connectivity index (χ0) is 23.4. The van der Waals surface area contributed by atoms with E-state index in [0.717, 1.165) is 17.2 Å². The van der Waals surface area contributed by atoms with Crippen LogP contribution in [0.3, 0.4) is 0 Å². The largest absolute Gasteiger partial charge is 0.474 e. The molecule has 0 aromatic heterocycles. The zero-order valence-corrected chi connectivity index (χ0v) is 17.8. The maximum Gasteiger partial charge on any atom is 0.344 e. The van der Waals surface area contributed by atoms with Crippen molar-refractivity contribution in [3.05, 3.63) is 68.7 Å². The van der Waals surface area contributed by atoms with Gasteiger partial charge in [-0.1, -0.05) is 29.8 Å². The molecule has 3 rings (SSSR count). The minimum absolute atomic E-state index is 0.0186. The standard InChI is InChI=1S/C21H18ClN3O7/c1-12(2)32-18(26)11-31-19-13(8-14(22)10-17(19)25(29)30)9-16-20(27)23-24(21(16)28)15-6-4-3-5-7-15/h3-10,12H,11H2,1-2H3,(H,23,27). The summed E-state index contributed by atoms with van der Waals surface area (Å²) in [6, 6.07) is 10.7. The lowest BCUT2D eigenvalue weighted by molar-refractivity contribution is -0.385. The molecule has 10 nitrogen and oxygen atoms in total. The van der Waals surface area contributed by atoms with Crippen molar-refractivity contribution in [2.75, 3.05) is 11.6 Å². The van der Waals surface area contributed by atoms with Gasteiger partial charge < -0.3 is 9.47 Å². The number of hydrazine groups is 1. The van der Waals surface area contributed by atoms with Crippen LogP contribution in [0, 0.1) is 10.1 Å². The second-order valence-corrected chi connectivity index (χ2v) is 7.34. The van der Waals surface area contributed by atoms with Crippen molar-refractivity contribution in [2.45, 2.75) is 20.0 Å². The van der Waals surface area contributed by atoms with Crippen LogP contribution in [0.1, 0.15) is 19.4 Å². The molecule has 0 spiro atoms. The zero-order valence-electron chi connectivity index (χ0n) is 17.0. The molecule has 1 aliphatic rings. The van der Waals surface area contributed by atoms with E-state index in [2.05, 4.69) is 5.43 Å². The van der Waals surface area contributed by atoms with Crippen molar-refractivity contribution >= 4 is 46.8 Å². The number of halogens is 1. The number of anilines is 1. The van der Waals surface area contributed by atoms with Crippen LogP contribution in [0.25, 0.3) is 6.08 Å². The topological polar surface area (TPSA) is 128 Å². The Morgan fingerprint density at radius 3 is 2.56 bits per heavy atom.